The number of Topliss-reactive ketones (excluding diaryl/α,β-unsaturated/α-hetero) is 2. The lowest BCUT2D eigenvalue weighted by molar-refractivity contribution is -0.384. The summed E-state index contributed by atoms with van der Waals surface area (Å²) in [6.45, 7) is 0. The number of rotatable bonds is 5. The van der Waals surface area contributed by atoms with Gasteiger partial charge in [0.05, 0.1) is 21.8 Å². The normalized spacial score (nSPS) is 23.6. The predicted molar refractivity (Wildman–Crippen MR) is 157 cm³/mol. The number of ketones is 2. The molecule has 7 rings (SSSR count). The summed E-state index contributed by atoms with van der Waals surface area (Å²) >= 11 is 7.58. The SMILES string of the molecule is O=C(c1cccs1)[C@@H]1[C@H](C(=O)c2cccc([N+](=O)[O-])c2)[C@]2(C(=O)Nc3ccccc32)[C@@H]2C=Cc3cc(Cl)ccc3N12. The number of anilines is 2. The van der Waals surface area contributed by atoms with E-state index in [1.807, 2.05) is 23.1 Å². The minimum atomic E-state index is -1.50. The molecule has 1 amide bonds. The van der Waals surface area contributed by atoms with Crippen LogP contribution < -0.4 is 10.2 Å². The monoisotopic (exact) mass is 581 g/mol. The van der Waals surface area contributed by atoms with Gasteiger partial charge in [-0.2, -0.15) is 0 Å². The molecule has 1 aromatic heterocycles. The fraction of sp³-hybridized carbons (Fsp3) is 0.129. The van der Waals surface area contributed by atoms with Crippen LogP contribution >= 0.6 is 22.9 Å². The van der Waals surface area contributed by atoms with Gasteiger partial charge in [0, 0.05) is 34.1 Å². The molecule has 10 heteroatoms. The Morgan fingerprint density at radius 2 is 1.83 bits per heavy atom. The summed E-state index contributed by atoms with van der Waals surface area (Å²) < 4.78 is 0. The molecular weight excluding hydrogens is 562 g/mol. The van der Waals surface area contributed by atoms with Gasteiger partial charge in [0.15, 0.2) is 11.6 Å². The number of carbonyl (C=O) groups excluding carboxylic acids is 3. The zero-order valence-electron chi connectivity index (χ0n) is 21.2. The highest BCUT2D eigenvalue weighted by atomic mass is 35.5. The van der Waals surface area contributed by atoms with Gasteiger partial charge in [-0.3, -0.25) is 24.5 Å². The van der Waals surface area contributed by atoms with Crippen molar-refractivity contribution in [2.45, 2.75) is 17.5 Å². The number of thiophene rings is 1. The number of benzene rings is 3. The van der Waals surface area contributed by atoms with Crippen molar-refractivity contribution < 1.29 is 19.3 Å². The van der Waals surface area contributed by atoms with Crippen molar-refractivity contribution in [3.05, 3.63) is 127 Å². The highest BCUT2D eigenvalue weighted by Gasteiger charge is 2.70. The number of nitro benzene ring substituents is 1. The molecule has 3 aromatic carbocycles. The number of nitrogens with one attached hydrogen (secondary N) is 1. The summed E-state index contributed by atoms with van der Waals surface area (Å²) in [4.78, 5) is 56.8. The van der Waals surface area contributed by atoms with Crippen molar-refractivity contribution >= 4 is 63.5 Å². The van der Waals surface area contributed by atoms with E-state index in [9.17, 15) is 24.5 Å². The van der Waals surface area contributed by atoms with Crippen molar-refractivity contribution in [2.75, 3.05) is 10.2 Å². The summed E-state index contributed by atoms with van der Waals surface area (Å²) in [5.41, 5.74) is 0.902. The fourth-order valence-electron chi connectivity index (χ4n) is 6.67. The molecule has 0 unspecified atom stereocenters. The molecule has 0 aliphatic carbocycles. The van der Waals surface area contributed by atoms with Crippen LogP contribution in [-0.4, -0.2) is 34.5 Å². The van der Waals surface area contributed by atoms with Crippen molar-refractivity contribution in [1.82, 2.24) is 0 Å². The molecule has 3 aliphatic rings. The zero-order valence-corrected chi connectivity index (χ0v) is 22.8. The molecule has 1 fully saturated rings. The fourth-order valence-corrected chi connectivity index (χ4v) is 7.55. The van der Waals surface area contributed by atoms with Gasteiger partial charge >= 0.3 is 0 Å². The van der Waals surface area contributed by atoms with E-state index < -0.39 is 40.0 Å². The molecular formula is C31H20ClN3O5S. The number of fused-ring (bicyclic) bond motifs is 6. The van der Waals surface area contributed by atoms with Crippen molar-refractivity contribution in [1.29, 1.82) is 0 Å². The number of amides is 1. The minimum absolute atomic E-state index is 0.0601. The van der Waals surface area contributed by atoms with E-state index in [-0.39, 0.29) is 17.0 Å². The van der Waals surface area contributed by atoms with E-state index >= 15 is 0 Å². The van der Waals surface area contributed by atoms with E-state index in [1.165, 1.54) is 35.6 Å². The van der Waals surface area contributed by atoms with Gasteiger partial charge in [-0.05, 0) is 46.8 Å². The number of carbonyl (C=O) groups is 3. The zero-order chi connectivity index (χ0) is 28.5. The van der Waals surface area contributed by atoms with Crippen LogP contribution in [0.15, 0.2) is 90.3 Å². The predicted octanol–water partition coefficient (Wildman–Crippen LogP) is 6.17. The quantitative estimate of drug-likeness (QED) is 0.172. The highest BCUT2D eigenvalue weighted by Crippen LogP contribution is 2.58. The van der Waals surface area contributed by atoms with Gasteiger partial charge in [0.25, 0.3) is 5.69 Å². The Morgan fingerprint density at radius 1 is 1.00 bits per heavy atom. The molecule has 1 saturated heterocycles. The molecule has 0 radical (unpaired) electrons. The van der Waals surface area contributed by atoms with Gasteiger partial charge in [-0.15, -0.1) is 11.3 Å². The first-order valence-corrected chi connectivity index (χ1v) is 14.1. The molecule has 8 nitrogen and oxygen atoms in total. The first-order valence-electron chi connectivity index (χ1n) is 12.9. The minimum Gasteiger partial charge on any atom is -0.352 e. The summed E-state index contributed by atoms with van der Waals surface area (Å²) in [6.07, 6.45) is 3.72. The highest BCUT2D eigenvalue weighted by molar-refractivity contribution is 7.12. The van der Waals surface area contributed by atoms with Gasteiger partial charge in [0.2, 0.25) is 5.91 Å². The van der Waals surface area contributed by atoms with Gasteiger partial charge in [0.1, 0.15) is 11.5 Å². The van der Waals surface area contributed by atoms with Crippen molar-refractivity contribution in [2.24, 2.45) is 5.92 Å². The van der Waals surface area contributed by atoms with Crippen LogP contribution in [0, 0.1) is 16.0 Å². The molecule has 0 saturated carbocycles. The Kier molecular flexibility index (Phi) is 5.71. The topological polar surface area (TPSA) is 110 Å². The van der Waals surface area contributed by atoms with E-state index in [1.54, 1.807) is 53.9 Å². The summed E-state index contributed by atoms with van der Waals surface area (Å²) in [7, 11) is 0. The van der Waals surface area contributed by atoms with Crippen LogP contribution in [0.25, 0.3) is 6.08 Å². The summed E-state index contributed by atoms with van der Waals surface area (Å²) in [5, 5.41) is 16.9. The third-order valence-electron chi connectivity index (χ3n) is 8.25. The smallest absolute Gasteiger partial charge is 0.270 e. The van der Waals surface area contributed by atoms with Crippen LogP contribution in [0.2, 0.25) is 5.02 Å². The first-order chi connectivity index (χ1) is 19.8. The molecule has 3 aliphatic heterocycles. The number of hydrogen-bond acceptors (Lipinski definition) is 7. The first kappa shape index (κ1) is 25.4. The number of halogens is 1. The largest absolute Gasteiger partial charge is 0.352 e. The van der Waals surface area contributed by atoms with Crippen LogP contribution in [0.3, 0.4) is 0 Å². The maximum Gasteiger partial charge on any atom is 0.270 e. The molecule has 4 atom stereocenters. The lowest BCUT2D eigenvalue weighted by atomic mass is 9.64. The summed E-state index contributed by atoms with van der Waals surface area (Å²) in [5.74, 6) is -2.44. The Morgan fingerprint density at radius 3 is 2.61 bits per heavy atom. The molecule has 1 spiro atoms. The third kappa shape index (κ3) is 3.55. The van der Waals surface area contributed by atoms with E-state index in [2.05, 4.69) is 5.32 Å². The van der Waals surface area contributed by atoms with Gasteiger partial charge < -0.3 is 10.2 Å². The number of nitrogens with zero attached hydrogens (tertiary/aromatic N) is 2. The second-order valence-electron chi connectivity index (χ2n) is 10.2. The van der Waals surface area contributed by atoms with E-state index in [0.29, 0.717) is 26.8 Å². The maximum absolute atomic E-state index is 14.7. The number of para-hydroxylation sites is 1. The standard InChI is InChI=1S/C31H20ClN3O5S/c32-19-11-12-23-17(15-19)10-13-25-31(21-7-1-2-8-22(21)33-30(31)38)26(27(34(23)25)29(37)24-9-4-14-41-24)28(36)18-5-3-6-20(16-18)35(39)40/h1-16,25-27H,(H,33,38)/t25-,26+,27-,31+/m0/s1. The Balaban J connectivity index is 1.54. The van der Waals surface area contributed by atoms with E-state index in [4.69, 9.17) is 11.6 Å². The Bertz CT molecular complexity index is 1820. The number of nitro groups is 1. The second-order valence-corrected chi connectivity index (χ2v) is 11.6. The lowest BCUT2D eigenvalue weighted by Crippen LogP contribution is -2.51. The molecule has 202 valence electrons. The van der Waals surface area contributed by atoms with Crippen molar-refractivity contribution in [3.63, 3.8) is 0 Å². The van der Waals surface area contributed by atoms with Crippen LogP contribution in [0.4, 0.5) is 17.1 Å². The lowest BCUT2D eigenvalue weighted by Gasteiger charge is -2.37. The molecule has 1 N–H and O–H groups in total. The maximum atomic E-state index is 14.7. The van der Waals surface area contributed by atoms with Crippen molar-refractivity contribution in [3.8, 4) is 0 Å². The van der Waals surface area contributed by atoms with Gasteiger partial charge in [-0.25, -0.2) is 0 Å². The molecule has 41 heavy (non-hydrogen) atoms. The average molecular weight is 582 g/mol. The molecule has 0 bridgehead atoms. The van der Waals surface area contributed by atoms with Crippen LogP contribution in [-0.2, 0) is 10.2 Å². The molecule has 4 aromatic rings. The number of hydrogen-bond donors (Lipinski definition) is 1. The summed E-state index contributed by atoms with van der Waals surface area (Å²) in [6, 6.07) is 19.6. The molecule has 4 heterocycles. The van der Waals surface area contributed by atoms with Crippen LogP contribution in [0.1, 0.15) is 31.2 Å². The Labute approximate surface area is 243 Å². The Hall–Kier alpha value is -4.60. The number of non-ortho nitro benzene ring substituents is 1. The second kappa shape index (κ2) is 9.22. The average Bonchev–Trinajstić information content (AvgIpc) is 3.69. The van der Waals surface area contributed by atoms with Crippen LogP contribution in [0.5, 0.6) is 0 Å². The third-order valence-corrected chi connectivity index (χ3v) is 9.37. The van der Waals surface area contributed by atoms with Gasteiger partial charge in [-0.1, -0.05) is 60.2 Å². The van der Waals surface area contributed by atoms with E-state index in [0.717, 1.165) is 5.56 Å².